The van der Waals surface area contributed by atoms with Gasteiger partial charge in [0, 0.05) is 13.7 Å². The first kappa shape index (κ1) is 16.1. The fourth-order valence-electron chi connectivity index (χ4n) is 2.00. The summed E-state index contributed by atoms with van der Waals surface area (Å²) in [6.45, 7) is 1.30. The molecule has 1 heterocycles. The Balaban J connectivity index is 2.61. The molecule has 1 aliphatic rings. The van der Waals surface area contributed by atoms with Crippen molar-refractivity contribution in [3.8, 4) is 0 Å². The van der Waals surface area contributed by atoms with Gasteiger partial charge in [-0.1, -0.05) is 0 Å². The number of hydrogen-bond acceptors (Lipinski definition) is 6. The van der Waals surface area contributed by atoms with E-state index in [9.17, 15) is 4.57 Å². The number of hydrogen-bond donors (Lipinski definition) is 2. The molecule has 18 heavy (non-hydrogen) atoms. The van der Waals surface area contributed by atoms with Gasteiger partial charge in [0.1, 0.15) is 26.2 Å². The van der Waals surface area contributed by atoms with Crippen LogP contribution in [0.25, 0.3) is 0 Å². The highest BCUT2D eigenvalue weighted by Crippen LogP contribution is 2.31. The Hall–Kier alpha value is 0.0549. The van der Waals surface area contributed by atoms with Crippen LogP contribution >= 0.6 is 8.25 Å². The zero-order valence-electron chi connectivity index (χ0n) is 10.7. The SMILES string of the molecule is B[C@@H]1O[C@H](COC)[C@H](O[PH](=O)O)C1OCCCN. The van der Waals surface area contributed by atoms with E-state index in [2.05, 4.69) is 0 Å². The van der Waals surface area contributed by atoms with Gasteiger partial charge in [-0.15, -0.1) is 0 Å². The highest BCUT2D eigenvalue weighted by atomic mass is 31.1. The molecule has 0 aromatic rings. The van der Waals surface area contributed by atoms with E-state index in [4.69, 9.17) is 29.4 Å². The molecule has 1 rings (SSSR count). The number of nitrogens with two attached hydrogens (primary N) is 1. The van der Waals surface area contributed by atoms with Crippen molar-refractivity contribution in [3.63, 3.8) is 0 Å². The molecule has 1 saturated heterocycles. The highest BCUT2D eigenvalue weighted by molar-refractivity contribution is 7.32. The zero-order chi connectivity index (χ0) is 13.5. The van der Waals surface area contributed by atoms with Crippen LogP contribution in [-0.2, 0) is 23.3 Å². The van der Waals surface area contributed by atoms with Crippen molar-refractivity contribution in [2.24, 2.45) is 5.73 Å². The summed E-state index contributed by atoms with van der Waals surface area (Å²) in [5.74, 6) is 0. The standard InChI is InChI=1S/C9H21BNO6P/c1-14-5-6-7(17-18(12)13)8(9(10)16-6)15-4-2-3-11/h6-9,18H,2-5,10-11H2,1H3,(H,12,13)/t6-,7+,8?,9-/m1/s1. The Labute approximate surface area is 108 Å². The maximum Gasteiger partial charge on any atom is 0.317 e. The normalized spacial score (nSPS) is 33.7. The smallest absolute Gasteiger partial charge is 0.317 e. The minimum absolute atomic E-state index is 0.214. The predicted molar refractivity (Wildman–Crippen MR) is 68.6 cm³/mol. The van der Waals surface area contributed by atoms with Crippen molar-refractivity contribution < 1.29 is 28.2 Å². The third-order valence-corrected chi connectivity index (χ3v) is 3.24. The van der Waals surface area contributed by atoms with Crippen LogP contribution in [0.4, 0.5) is 0 Å². The summed E-state index contributed by atoms with van der Waals surface area (Å²) in [6, 6.07) is -0.214. The molecule has 106 valence electrons. The van der Waals surface area contributed by atoms with Gasteiger partial charge in [0.05, 0.1) is 12.6 Å². The van der Waals surface area contributed by atoms with E-state index in [0.29, 0.717) is 19.8 Å². The third kappa shape index (κ3) is 4.62. The van der Waals surface area contributed by atoms with Crippen LogP contribution in [0.15, 0.2) is 0 Å². The second-order valence-electron chi connectivity index (χ2n) is 4.16. The number of methoxy groups -OCH3 is 1. The lowest BCUT2D eigenvalue weighted by Crippen LogP contribution is -2.38. The molecule has 0 amide bonds. The van der Waals surface area contributed by atoms with Gasteiger partial charge < -0.3 is 29.4 Å². The molecular weight excluding hydrogens is 260 g/mol. The van der Waals surface area contributed by atoms with Crippen LogP contribution in [-0.4, -0.2) is 63.9 Å². The van der Waals surface area contributed by atoms with E-state index in [1.54, 1.807) is 0 Å². The average molecular weight is 281 g/mol. The van der Waals surface area contributed by atoms with E-state index < -0.39 is 20.5 Å². The molecule has 1 aliphatic heterocycles. The molecule has 0 radical (unpaired) electrons. The fourth-order valence-corrected chi connectivity index (χ4v) is 2.52. The lowest BCUT2D eigenvalue weighted by atomic mass is 9.93. The lowest BCUT2D eigenvalue weighted by molar-refractivity contribution is -0.0218. The monoisotopic (exact) mass is 281 g/mol. The molecule has 0 aromatic heterocycles. The van der Waals surface area contributed by atoms with Gasteiger partial charge in [-0.3, -0.25) is 4.57 Å². The molecule has 9 heteroatoms. The maximum absolute atomic E-state index is 10.9. The van der Waals surface area contributed by atoms with Crippen molar-refractivity contribution in [2.45, 2.75) is 30.7 Å². The average Bonchev–Trinajstić information content (AvgIpc) is 2.57. The van der Waals surface area contributed by atoms with Crippen LogP contribution in [0.5, 0.6) is 0 Å². The van der Waals surface area contributed by atoms with Crippen molar-refractivity contribution >= 4 is 16.1 Å². The van der Waals surface area contributed by atoms with Crippen LogP contribution in [0.3, 0.4) is 0 Å². The molecule has 0 spiro atoms. The summed E-state index contributed by atoms with van der Waals surface area (Å²) < 4.78 is 32.2. The summed E-state index contributed by atoms with van der Waals surface area (Å²) in [6.07, 6.45) is -0.639. The van der Waals surface area contributed by atoms with Crippen LogP contribution in [0, 0.1) is 0 Å². The van der Waals surface area contributed by atoms with Gasteiger partial charge in [0.15, 0.2) is 0 Å². The molecule has 0 aliphatic carbocycles. The number of ether oxygens (including phenoxy) is 3. The first-order valence-corrected chi connectivity index (χ1v) is 7.22. The molecule has 3 N–H and O–H groups in total. The predicted octanol–water partition coefficient (Wildman–Crippen LogP) is -1.51. The Morgan fingerprint density at radius 2 is 2.22 bits per heavy atom. The second-order valence-corrected chi connectivity index (χ2v) is 4.93. The zero-order valence-corrected chi connectivity index (χ0v) is 11.7. The van der Waals surface area contributed by atoms with Gasteiger partial charge in [0.2, 0.25) is 0 Å². The maximum atomic E-state index is 10.9. The summed E-state index contributed by atoms with van der Waals surface area (Å²) in [5.41, 5.74) is 5.39. The van der Waals surface area contributed by atoms with E-state index in [-0.39, 0.29) is 12.1 Å². The van der Waals surface area contributed by atoms with Crippen molar-refractivity contribution in [1.29, 1.82) is 0 Å². The van der Waals surface area contributed by atoms with Gasteiger partial charge >= 0.3 is 8.25 Å². The van der Waals surface area contributed by atoms with Crippen molar-refractivity contribution in [2.75, 3.05) is 26.9 Å². The Bertz CT molecular complexity index is 271. The Morgan fingerprint density at radius 1 is 1.50 bits per heavy atom. The van der Waals surface area contributed by atoms with Crippen molar-refractivity contribution in [3.05, 3.63) is 0 Å². The van der Waals surface area contributed by atoms with E-state index in [1.165, 1.54) is 7.11 Å². The molecule has 2 unspecified atom stereocenters. The van der Waals surface area contributed by atoms with E-state index in [1.807, 2.05) is 7.85 Å². The quantitative estimate of drug-likeness (QED) is 0.317. The molecule has 0 saturated carbocycles. The molecule has 5 atom stereocenters. The van der Waals surface area contributed by atoms with Gasteiger partial charge in [-0.05, 0) is 13.0 Å². The van der Waals surface area contributed by atoms with Crippen LogP contribution in [0.2, 0.25) is 0 Å². The van der Waals surface area contributed by atoms with Crippen LogP contribution in [0.1, 0.15) is 6.42 Å². The lowest BCUT2D eigenvalue weighted by Gasteiger charge is -2.22. The summed E-state index contributed by atoms with van der Waals surface area (Å²) in [5, 5.41) is 0. The van der Waals surface area contributed by atoms with Gasteiger partial charge in [-0.25, -0.2) is 0 Å². The van der Waals surface area contributed by atoms with E-state index >= 15 is 0 Å². The second kappa shape index (κ2) is 8.27. The molecule has 7 nitrogen and oxygen atoms in total. The van der Waals surface area contributed by atoms with Gasteiger partial charge in [-0.2, -0.15) is 0 Å². The van der Waals surface area contributed by atoms with E-state index in [0.717, 1.165) is 6.42 Å². The first-order chi connectivity index (χ1) is 8.60. The molecule has 0 bridgehead atoms. The number of rotatable bonds is 8. The Morgan fingerprint density at radius 3 is 2.78 bits per heavy atom. The van der Waals surface area contributed by atoms with Gasteiger partial charge in [0.25, 0.3) is 0 Å². The molecule has 1 fully saturated rings. The fraction of sp³-hybridized carbons (Fsp3) is 1.00. The summed E-state index contributed by atoms with van der Waals surface area (Å²) in [7, 11) is 0.335. The highest BCUT2D eigenvalue weighted by Gasteiger charge is 2.44. The first-order valence-electron chi connectivity index (χ1n) is 5.95. The summed E-state index contributed by atoms with van der Waals surface area (Å²) in [4.78, 5) is 8.93. The molecular formula is C9H21BNO6P. The Kier molecular flexibility index (Phi) is 7.40. The molecule has 0 aromatic carbocycles. The summed E-state index contributed by atoms with van der Waals surface area (Å²) >= 11 is 0. The van der Waals surface area contributed by atoms with Crippen molar-refractivity contribution in [1.82, 2.24) is 0 Å². The minimum Gasteiger partial charge on any atom is -0.382 e. The largest absolute Gasteiger partial charge is 0.382 e. The third-order valence-electron chi connectivity index (χ3n) is 2.77. The van der Waals surface area contributed by atoms with Crippen LogP contribution < -0.4 is 5.73 Å². The topological polar surface area (TPSA) is 100 Å². The minimum atomic E-state index is -3.04.